The summed E-state index contributed by atoms with van der Waals surface area (Å²) in [6.07, 6.45) is 2.18. The van der Waals surface area contributed by atoms with Crippen molar-refractivity contribution in [1.82, 2.24) is 15.2 Å². The number of rotatable bonds is 4. The second-order valence-corrected chi connectivity index (χ2v) is 6.39. The van der Waals surface area contributed by atoms with E-state index in [0.717, 1.165) is 32.5 Å². The summed E-state index contributed by atoms with van der Waals surface area (Å²) in [6, 6.07) is 0.572. The smallest absolute Gasteiger partial charge is 0.0930 e. The molecule has 0 bridgehead atoms. The van der Waals surface area contributed by atoms with Gasteiger partial charge in [0.05, 0.1) is 10.7 Å². The van der Waals surface area contributed by atoms with E-state index in [1.165, 1.54) is 10.7 Å². The second kappa shape index (κ2) is 5.94. The Kier molecular flexibility index (Phi) is 4.54. The number of aromatic nitrogens is 1. The highest BCUT2D eigenvalue weighted by atomic mass is 32.1. The Morgan fingerprint density at radius 1 is 1.59 bits per heavy atom. The molecular formula is C13H23N3S. The molecule has 1 aromatic rings. The van der Waals surface area contributed by atoms with Crippen LogP contribution in [0, 0.1) is 5.92 Å². The molecular weight excluding hydrogens is 230 g/mol. The standard InChI is InChI=1S/C13H23N3S/c1-10(2)6-13-15-12(9-17-13)7-11-8-16(3)5-4-14-11/h9-11,14H,4-8H2,1-3H3. The average molecular weight is 253 g/mol. The fraction of sp³-hybridized carbons (Fsp3) is 0.769. The third-order valence-corrected chi connectivity index (χ3v) is 4.02. The number of thiazole rings is 1. The molecule has 3 nitrogen and oxygen atoms in total. The van der Waals surface area contributed by atoms with Crippen LogP contribution in [0.4, 0.5) is 0 Å². The van der Waals surface area contributed by atoms with Crippen LogP contribution in [-0.2, 0) is 12.8 Å². The van der Waals surface area contributed by atoms with Gasteiger partial charge in [-0.25, -0.2) is 4.98 Å². The van der Waals surface area contributed by atoms with Crippen molar-refractivity contribution in [3.63, 3.8) is 0 Å². The molecule has 1 N–H and O–H groups in total. The quantitative estimate of drug-likeness (QED) is 0.887. The normalized spacial score (nSPS) is 22.2. The maximum atomic E-state index is 4.73. The van der Waals surface area contributed by atoms with Crippen molar-refractivity contribution in [3.8, 4) is 0 Å². The van der Waals surface area contributed by atoms with Gasteiger partial charge in [0.25, 0.3) is 0 Å². The highest BCUT2D eigenvalue weighted by molar-refractivity contribution is 7.09. The van der Waals surface area contributed by atoms with Crippen LogP contribution < -0.4 is 5.32 Å². The zero-order valence-electron chi connectivity index (χ0n) is 11.1. The van der Waals surface area contributed by atoms with E-state index in [0.29, 0.717) is 12.0 Å². The highest BCUT2D eigenvalue weighted by Crippen LogP contribution is 2.16. The molecule has 0 aliphatic carbocycles. The summed E-state index contributed by atoms with van der Waals surface area (Å²) in [4.78, 5) is 7.12. The first kappa shape index (κ1) is 13.0. The first-order valence-corrected chi connectivity index (χ1v) is 7.36. The molecule has 17 heavy (non-hydrogen) atoms. The molecule has 0 spiro atoms. The molecule has 4 heteroatoms. The van der Waals surface area contributed by atoms with Gasteiger partial charge in [-0.1, -0.05) is 13.8 Å². The molecule has 2 heterocycles. The Hall–Kier alpha value is -0.450. The monoisotopic (exact) mass is 253 g/mol. The van der Waals surface area contributed by atoms with Crippen molar-refractivity contribution in [2.75, 3.05) is 26.7 Å². The van der Waals surface area contributed by atoms with Gasteiger partial charge in [-0.2, -0.15) is 0 Å². The van der Waals surface area contributed by atoms with Crippen molar-refractivity contribution in [1.29, 1.82) is 0 Å². The lowest BCUT2D eigenvalue weighted by molar-refractivity contribution is 0.237. The minimum atomic E-state index is 0.572. The van der Waals surface area contributed by atoms with Gasteiger partial charge in [-0.3, -0.25) is 0 Å². The lowest BCUT2D eigenvalue weighted by atomic mass is 10.1. The predicted molar refractivity (Wildman–Crippen MR) is 73.6 cm³/mol. The van der Waals surface area contributed by atoms with Crippen molar-refractivity contribution < 1.29 is 0 Å². The number of hydrogen-bond acceptors (Lipinski definition) is 4. The van der Waals surface area contributed by atoms with Crippen LogP contribution >= 0.6 is 11.3 Å². The van der Waals surface area contributed by atoms with Crippen LogP contribution in [0.15, 0.2) is 5.38 Å². The summed E-state index contributed by atoms with van der Waals surface area (Å²) in [6.45, 7) is 7.89. The molecule has 1 unspecified atom stereocenters. The van der Waals surface area contributed by atoms with Crippen molar-refractivity contribution in [3.05, 3.63) is 16.1 Å². The first-order chi connectivity index (χ1) is 8.13. The minimum Gasteiger partial charge on any atom is -0.311 e. The van der Waals surface area contributed by atoms with E-state index in [2.05, 4.69) is 36.5 Å². The van der Waals surface area contributed by atoms with E-state index in [4.69, 9.17) is 4.98 Å². The van der Waals surface area contributed by atoms with E-state index in [1.54, 1.807) is 0 Å². The van der Waals surface area contributed by atoms with Crippen molar-refractivity contribution >= 4 is 11.3 Å². The fourth-order valence-electron chi connectivity index (χ4n) is 2.27. The Balaban J connectivity index is 1.87. The van der Waals surface area contributed by atoms with Crippen LogP contribution in [0.25, 0.3) is 0 Å². The summed E-state index contributed by atoms with van der Waals surface area (Å²) in [5.41, 5.74) is 1.26. The van der Waals surface area contributed by atoms with E-state index in [9.17, 15) is 0 Å². The molecule has 0 radical (unpaired) electrons. The summed E-state index contributed by atoms with van der Waals surface area (Å²) in [7, 11) is 2.19. The van der Waals surface area contributed by atoms with Gasteiger partial charge in [-0.05, 0) is 13.0 Å². The van der Waals surface area contributed by atoms with Crippen molar-refractivity contribution in [2.24, 2.45) is 5.92 Å². The van der Waals surface area contributed by atoms with Gasteiger partial charge >= 0.3 is 0 Å². The molecule has 0 saturated carbocycles. The van der Waals surface area contributed by atoms with E-state index in [-0.39, 0.29) is 0 Å². The zero-order chi connectivity index (χ0) is 12.3. The Labute approximate surface area is 108 Å². The van der Waals surface area contributed by atoms with Gasteiger partial charge in [0.15, 0.2) is 0 Å². The largest absolute Gasteiger partial charge is 0.311 e. The van der Waals surface area contributed by atoms with Crippen LogP contribution in [0.2, 0.25) is 0 Å². The minimum absolute atomic E-state index is 0.572. The molecule has 1 fully saturated rings. The molecule has 0 aromatic carbocycles. The molecule has 1 aliphatic rings. The van der Waals surface area contributed by atoms with Crippen LogP contribution in [-0.4, -0.2) is 42.6 Å². The van der Waals surface area contributed by atoms with Gasteiger partial charge in [0.1, 0.15) is 0 Å². The van der Waals surface area contributed by atoms with Crippen LogP contribution in [0.5, 0.6) is 0 Å². The van der Waals surface area contributed by atoms with Gasteiger partial charge in [0.2, 0.25) is 0 Å². The molecule has 1 saturated heterocycles. The van der Waals surface area contributed by atoms with Crippen molar-refractivity contribution in [2.45, 2.75) is 32.7 Å². The highest BCUT2D eigenvalue weighted by Gasteiger charge is 2.17. The van der Waals surface area contributed by atoms with E-state index in [1.807, 2.05) is 11.3 Å². The lowest BCUT2D eigenvalue weighted by Gasteiger charge is -2.30. The van der Waals surface area contributed by atoms with Gasteiger partial charge < -0.3 is 10.2 Å². The summed E-state index contributed by atoms with van der Waals surface area (Å²) in [5.74, 6) is 0.702. The third-order valence-electron chi connectivity index (χ3n) is 3.10. The third kappa shape index (κ3) is 4.05. The Morgan fingerprint density at radius 3 is 3.12 bits per heavy atom. The maximum absolute atomic E-state index is 4.73. The molecule has 96 valence electrons. The number of hydrogen-bond donors (Lipinski definition) is 1. The number of likely N-dealkylation sites (N-methyl/N-ethyl adjacent to an activating group) is 1. The number of piperazine rings is 1. The fourth-order valence-corrected chi connectivity index (χ4v) is 3.29. The number of nitrogens with zero attached hydrogens (tertiary/aromatic N) is 2. The molecule has 1 atom stereocenters. The summed E-state index contributed by atoms with van der Waals surface area (Å²) < 4.78 is 0. The Morgan fingerprint density at radius 2 is 2.41 bits per heavy atom. The molecule has 1 aliphatic heterocycles. The lowest BCUT2D eigenvalue weighted by Crippen LogP contribution is -2.49. The Bertz CT molecular complexity index is 348. The molecule has 2 rings (SSSR count). The molecule has 0 amide bonds. The zero-order valence-corrected chi connectivity index (χ0v) is 11.9. The van der Waals surface area contributed by atoms with Crippen LogP contribution in [0.3, 0.4) is 0 Å². The van der Waals surface area contributed by atoms with E-state index < -0.39 is 0 Å². The average Bonchev–Trinajstić information content (AvgIpc) is 2.64. The van der Waals surface area contributed by atoms with Gasteiger partial charge in [-0.15, -0.1) is 11.3 Å². The second-order valence-electron chi connectivity index (χ2n) is 5.45. The van der Waals surface area contributed by atoms with E-state index >= 15 is 0 Å². The summed E-state index contributed by atoms with van der Waals surface area (Å²) >= 11 is 1.81. The summed E-state index contributed by atoms with van der Waals surface area (Å²) in [5, 5.41) is 7.09. The van der Waals surface area contributed by atoms with Gasteiger partial charge in [0, 0.05) is 43.9 Å². The topological polar surface area (TPSA) is 28.2 Å². The predicted octanol–water partition coefficient (Wildman–Crippen LogP) is 1.79. The SMILES string of the molecule is CC(C)Cc1nc(CC2CN(C)CCN2)cs1. The molecule has 1 aromatic heterocycles. The number of nitrogens with one attached hydrogen (secondary N) is 1. The van der Waals surface area contributed by atoms with Crippen LogP contribution in [0.1, 0.15) is 24.5 Å². The maximum Gasteiger partial charge on any atom is 0.0930 e. The first-order valence-electron chi connectivity index (χ1n) is 6.48.